The van der Waals surface area contributed by atoms with Gasteiger partial charge in [-0.15, -0.1) is 0 Å². The lowest BCUT2D eigenvalue weighted by molar-refractivity contribution is -0.140. The van der Waals surface area contributed by atoms with Crippen LogP contribution in [0.2, 0.25) is 10.0 Å². The minimum Gasteiger partial charge on any atom is -0.355 e. The van der Waals surface area contributed by atoms with E-state index < -0.39 is 16.1 Å². The van der Waals surface area contributed by atoms with Gasteiger partial charge < -0.3 is 10.2 Å². The molecule has 4 rings (SSSR count). The summed E-state index contributed by atoms with van der Waals surface area (Å²) in [5.74, 6) is -0.549. The van der Waals surface area contributed by atoms with E-state index in [2.05, 4.69) is 5.32 Å². The molecule has 0 radical (unpaired) electrons. The van der Waals surface area contributed by atoms with Gasteiger partial charge in [0.05, 0.1) is 10.6 Å². The Morgan fingerprint density at radius 2 is 1.81 bits per heavy atom. The van der Waals surface area contributed by atoms with E-state index in [0.717, 1.165) is 5.39 Å². The first-order valence-corrected chi connectivity index (χ1v) is 13.9. The highest BCUT2D eigenvalue weighted by Crippen LogP contribution is 2.42. The van der Waals surface area contributed by atoms with E-state index in [9.17, 15) is 18.0 Å². The number of anilines is 1. The summed E-state index contributed by atoms with van der Waals surface area (Å²) in [5.41, 5.74) is 1.28. The maximum atomic E-state index is 13.3. The predicted octanol–water partition coefficient (Wildman–Crippen LogP) is 4.99. The van der Waals surface area contributed by atoms with Gasteiger partial charge in [-0.1, -0.05) is 53.5 Å². The molecule has 3 aromatic carbocycles. The van der Waals surface area contributed by atoms with Crippen LogP contribution in [0.25, 0.3) is 10.8 Å². The van der Waals surface area contributed by atoms with E-state index in [-0.39, 0.29) is 42.6 Å². The highest BCUT2D eigenvalue weighted by Gasteiger charge is 2.35. The number of nitrogens with one attached hydrogen (secondary N) is 1. The SMILES string of the molecule is CCNC(=O)C(C)N(Cc1ccc(Cl)cc1Cl)C(=O)CCCN1c2cccc3cccc(c23)S1(=O)=O. The number of halogens is 2. The number of nitrogens with zero attached hydrogens (tertiary/aromatic N) is 2. The third-order valence-corrected chi connectivity index (χ3v) is 8.75. The summed E-state index contributed by atoms with van der Waals surface area (Å²) in [5, 5.41) is 5.18. The summed E-state index contributed by atoms with van der Waals surface area (Å²) in [6.45, 7) is 4.18. The van der Waals surface area contributed by atoms with Crippen LogP contribution in [0.3, 0.4) is 0 Å². The van der Waals surface area contributed by atoms with Gasteiger partial charge in [0.25, 0.3) is 10.0 Å². The number of likely N-dealkylation sites (N-methyl/N-ethyl adjacent to an activating group) is 1. The van der Waals surface area contributed by atoms with E-state index in [4.69, 9.17) is 23.2 Å². The molecule has 10 heteroatoms. The van der Waals surface area contributed by atoms with Crippen LogP contribution in [-0.4, -0.2) is 44.3 Å². The fourth-order valence-corrected chi connectivity index (χ4v) is 6.67. The molecule has 3 aromatic rings. The van der Waals surface area contributed by atoms with E-state index in [0.29, 0.717) is 33.2 Å². The molecule has 36 heavy (non-hydrogen) atoms. The second kappa shape index (κ2) is 10.7. The van der Waals surface area contributed by atoms with Gasteiger partial charge in [-0.25, -0.2) is 8.42 Å². The van der Waals surface area contributed by atoms with Crippen molar-refractivity contribution >= 4 is 61.5 Å². The summed E-state index contributed by atoms with van der Waals surface area (Å²) >= 11 is 12.3. The maximum Gasteiger partial charge on any atom is 0.265 e. The van der Waals surface area contributed by atoms with Gasteiger partial charge in [0.1, 0.15) is 6.04 Å². The van der Waals surface area contributed by atoms with Crippen LogP contribution < -0.4 is 9.62 Å². The van der Waals surface area contributed by atoms with Crippen molar-refractivity contribution in [1.29, 1.82) is 0 Å². The Kier molecular flexibility index (Phi) is 7.78. The van der Waals surface area contributed by atoms with Crippen molar-refractivity contribution in [2.75, 3.05) is 17.4 Å². The molecule has 0 aromatic heterocycles. The molecular weight excluding hydrogens is 521 g/mol. The molecule has 1 atom stereocenters. The standard InChI is InChI=1S/C26H27Cl2N3O4S/c1-3-29-26(33)17(2)30(16-19-12-13-20(27)15-21(19)28)24(32)11-6-14-31-22-9-4-7-18-8-5-10-23(25(18)22)36(31,34)35/h4-5,7-10,12-13,15,17H,3,6,11,14,16H2,1-2H3,(H,29,33). The number of carbonyl (C=O) groups excluding carboxylic acids is 2. The zero-order chi connectivity index (χ0) is 26.0. The minimum atomic E-state index is -3.70. The summed E-state index contributed by atoms with van der Waals surface area (Å²) in [4.78, 5) is 27.6. The van der Waals surface area contributed by atoms with E-state index >= 15 is 0 Å². The molecular formula is C26H27Cl2N3O4S. The first kappa shape index (κ1) is 26.3. The topological polar surface area (TPSA) is 86.8 Å². The summed E-state index contributed by atoms with van der Waals surface area (Å²) in [6.07, 6.45) is 0.350. The molecule has 2 amide bonds. The van der Waals surface area contributed by atoms with Crippen molar-refractivity contribution in [1.82, 2.24) is 10.2 Å². The van der Waals surface area contributed by atoms with Gasteiger partial charge in [-0.3, -0.25) is 13.9 Å². The number of amides is 2. The lowest BCUT2D eigenvalue weighted by Crippen LogP contribution is -2.47. The van der Waals surface area contributed by atoms with Crippen LogP contribution in [0.5, 0.6) is 0 Å². The second-order valence-electron chi connectivity index (χ2n) is 8.64. The van der Waals surface area contributed by atoms with E-state index in [1.807, 2.05) is 25.1 Å². The zero-order valence-electron chi connectivity index (χ0n) is 20.0. The van der Waals surface area contributed by atoms with Crippen LogP contribution in [0.1, 0.15) is 32.3 Å². The molecule has 0 spiro atoms. The van der Waals surface area contributed by atoms with Crippen molar-refractivity contribution in [3.05, 3.63) is 70.2 Å². The Hall–Kier alpha value is -2.81. The van der Waals surface area contributed by atoms with Crippen molar-refractivity contribution in [3.63, 3.8) is 0 Å². The fourth-order valence-electron chi connectivity index (χ4n) is 4.45. The number of hydrogen-bond acceptors (Lipinski definition) is 4. The van der Waals surface area contributed by atoms with Gasteiger partial charge >= 0.3 is 0 Å². The molecule has 190 valence electrons. The van der Waals surface area contributed by atoms with E-state index in [1.165, 1.54) is 9.21 Å². The molecule has 0 aliphatic carbocycles. The first-order chi connectivity index (χ1) is 17.1. The molecule has 1 N–H and O–H groups in total. The number of hydrogen-bond donors (Lipinski definition) is 1. The van der Waals surface area contributed by atoms with Crippen LogP contribution in [0.15, 0.2) is 59.5 Å². The highest BCUT2D eigenvalue weighted by molar-refractivity contribution is 7.93. The predicted molar refractivity (Wildman–Crippen MR) is 143 cm³/mol. The third kappa shape index (κ3) is 5.03. The Morgan fingerprint density at radius 3 is 2.50 bits per heavy atom. The summed E-state index contributed by atoms with van der Waals surface area (Å²) in [6, 6.07) is 15.0. The molecule has 1 aliphatic rings. The van der Waals surface area contributed by atoms with Crippen LogP contribution in [-0.2, 0) is 26.2 Å². The van der Waals surface area contributed by atoms with E-state index in [1.54, 1.807) is 43.3 Å². The Morgan fingerprint density at radius 1 is 1.08 bits per heavy atom. The quantitative estimate of drug-likeness (QED) is 0.408. The smallest absolute Gasteiger partial charge is 0.265 e. The van der Waals surface area contributed by atoms with Crippen LogP contribution in [0.4, 0.5) is 5.69 Å². The first-order valence-electron chi connectivity index (χ1n) is 11.7. The second-order valence-corrected chi connectivity index (χ2v) is 11.3. The monoisotopic (exact) mass is 547 g/mol. The molecule has 1 heterocycles. The fraction of sp³-hybridized carbons (Fsp3) is 0.308. The van der Waals surface area contributed by atoms with Crippen molar-refractivity contribution < 1.29 is 18.0 Å². The largest absolute Gasteiger partial charge is 0.355 e. The number of sulfonamides is 1. The third-order valence-electron chi connectivity index (χ3n) is 6.31. The lowest BCUT2D eigenvalue weighted by Gasteiger charge is -2.29. The lowest BCUT2D eigenvalue weighted by atomic mass is 10.1. The van der Waals surface area contributed by atoms with Crippen molar-refractivity contribution in [2.45, 2.75) is 44.2 Å². The molecule has 0 fully saturated rings. The molecule has 0 saturated carbocycles. The molecule has 0 saturated heterocycles. The molecule has 1 unspecified atom stereocenters. The normalized spacial score (nSPS) is 14.6. The highest BCUT2D eigenvalue weighted by atomic mass is 35.5. The zero-order valence-corrected chi connectivity index (χ0v) is 22.3. The molecule has 0 bridgehead atoms. The number of rotatable bonds is 9. The molecule has 1 aliphatic heterocycles. The Balaban J connectivity index is 1.51. The van der Waals surface area contributed by atoms with Crippen LogP contribution >= 0.6 is 23.2 Å². The van der Waals surface area contributed by atoms with Crippen LogP contribution in [0, 0.1) is 0 Å². The number of benzene rings is 3. The van der Waals surface area contributed by atoms with Crippen molar-refractivity contribution in [3.8, 4) is 0 Å². The summed E-state index contributed by atoms with van der Waals surface area (Å²) in [7, 11) is -3.70. The van der Waals surface area contributed by atoms with Gasteiger partial charge in [0.15, 0.2) is 0 Å². The maximum absolute atomic E-state index is 13.3. The summed E-state index contributed by atoms with van der Waals surface area (Å²) < 4.78 is 27.8. The van der Waals surface area contributed by atoms with Crippen molar-refractivity contribution in [2.24, 2.45) is 0 Å². The Bertz CT molecular complexity index is 1420. The van der Waals surface area contributed by atoms with Gasteiger partial charge in [0.2, 0.25) is 11.8 Å². The number of carbonyl (C=O) groups is 2. The van der Waals surface area contributed by atoms with Gasteiger partial charge in [-0.2, -0.15) is 0 Å². The van der Waals surface area contributed by atoms with Gasteiger partial charge in [-0.05, 0) is 55.5 Å². The average Bonchev–Trinajstić information content (AvgIpc) is 3.06. The Labute approximate surface area is 221 Å². The van der Waals surface area contributed by atoms with Gasteiger partial charge in [0, 0.05) is 41.5 Å². The average molecular weight is 548 g/mol. The minimum absolute atomic E-state index is 0.0628. The molecule has 7 nitrogen and oxygen atoms in total.